The molecule has 1 heterocycles. The number of ether oxygens (including phenoxy) is 6. The van der Waals surface area contributed by atoms with Gasteiger partial charge in [0.05, 0.1) is 72.7 Å². The minimum atomic E-state index is -0.720. The lowest BCUT2D eigenvalue weighted by molar-refractivity contribution is -0.197. The maximum absolute atomic E-state index is 11.8. The van der Waals surface area contributed by atoms with Gasteiger partial charge in [-0.05, 0) is 19.3 Å². The highest BCUT2D eigenvalue weighted by Crippen LogP contribution is 2.13. The van der Waals surface area contributed by atoms with E-state index in [-0.39, 0.29) is 38.0 Å². The van der Waals surface area contributed by atoms with Gasteiger partial charge in [-0.2, -0.15) is 0 Å². The van der Waals surface area contributed by atoms with Crippen LogP contribution in [0.25, 0.3) is 0 Å². The highest BCUT2D eigenvalue weighted by molar-refractivity contribution is 6.17. The third-order valence-electron chi connectivity index (χ3n) is 5.58. The first kappa shape index (κ1) is 37.2. The number of amides is 3. The number of hydroxylamine groups is 2. The molecule has 1 fully saturated rings. The summed E-state index contributed by atoms with van der Waals surface area (Å²) < 4.78 is 32.6. The van der Waals surface area contributed by atoms with Gasteiger partial charge in [-0.3, -0.25) is 14.4 Å². The van der Waals surface area contributed by atoms with Crippen LogP contribution in [0.5, 0.6) is 0 Å². The molecule has 238 valence electrons. The van der Waals surface area contributed by atoms with Crippen LogP contribution in [0.3, 0.4) is 0 Å². The molecular formula is C27H47ClN2O11. The van der Waals surface area contributed by atoms with Gasteiger partial charge in [-0.1, -0.05) is 12.8 Å². The minimum absolute atomic E-state index is 0.0407. The molecule has 0 atom stereocenters. The summed E-state index contributed by atoms with van der Waals surface area (Å²) in [4.78, 5) is 51.0. The van der Waals surface area contributed by atoms with E-state index in [4.69, 9.17) is 44.9 Å². The number of nitrogens with zero attached hydrogens (tertiary/aromatic N) is 1. The lowest BCUT2D eigenvalue weighted by atomic mass is 10.2. The summed E-state index contributed by atoms with van der Waals surface area (Å²) in [6.07, 6.45) is 4.80. The zero-order valence-electron chi connectivity index (χ0n) is 24.1. The summed E-state index contributed by atoms with van der Waals surface area (Å²) in [6, 6.07) is 0. The number of nitrogens with one attached hydrogen (secondary N) is 1. The van der Waals surface area contributed by atoms with E-state index in [1.54, 1.807) is 0 Å². The van der Waals surface area contributed by atoms with Crippen molar-refractivity contribution in [1.82, 2.24) is 10.4 Å². The average Bonchev–Trinajstić information content (AvgIpc) is 3.27. The Labute approximate surface area is 247 Å². The fourth-order valence-electron chi connectivity index (χ4n) is 3.40. The van der Waals surface area contributed by atoms with E-state index in [1.807, 2.05) is 0 Å². The third-order valence-corrected chi connectivity index (χ3v) is 5.85. The van der Waals surface area contributed by atoms with Gasteiger partial charge >= 0.3 is 5.97 Å². The van der Waals surface area contributed by atoms with E-state index in [0.29, 0.717) is 84.3 Å². The van der Waals surface area contributed by atoms with Crippen molar-refractivity contribution in [3.63, 3.8) is 0 Å². The standard InChI is InChI=1S/C27H47ClN2O11/c28-10-3-1-2-4-12-35-14-16-37-18-20-39-22-23-40-21-19-38-17-15-36-13-11-29-24(31)6-5-7-27(34)41-30-25(32)8-9-26(30)33/h1-23H2,(H,29,31). The van der Waals surface area contributed by atoms with Gasteiger partial charge in [-0.25, -0.2) is 4.79 Å². The molecule has 0 aromatic heterocycles. The van der Waals surface area contributed by atoms with E-state index in [2.05, 4.69) is 5.32 Å². The van der Waals surface area contributed by atoms with Crippen LogP contribution >= 0.6 is 11.6 Å². The SMILES string of the molecule is O=C(CCCC(=O)ON1C(=O)CCC1=O)NCCOCCOCCOCCOCCOCCOCCCCCCCl. The molecular weight excluding hydrogens is 564 g/mol. The molecule has 0 radical (unpaired) electrons. The minimum Gasteiger partial charge on any atom is -0.379 e. The molecule has 1 saturated heterocycles. The normalized spacial score (nSPS) is 13.2. The van der Waals surface area contributed by atoms with Gasteiger partial charge in [-0.15, -0.1) is 16.7 Å². The first-order valence-corrected chi connectivity index (χ1v) is 14.9. The molecule has 3 amide bonds. The molecule has 13 nitrogen and oxygen atoms in total. The Balaban J connectivity index is 1.73. The lowest BCUT2D eigenvalue weighted by Gasteiger charge is -2.12. The largest absolute Gasteiger partial charge is 0.379 e. The van der Waals surface area contributed by atoms with E-state index in [1.165, 1.54) is 0 Å². The number of imide groups is 1. The number of hydrogen-bond donors (Lipinski definition) is 1. The quantitative estimate of drug-likeness (QED) is 0.0750. The summed E-state index contributed by atoms with van der Waals surface area (Å²) in [6.45, 7) is 6.27. The zero-order valence-corrected chi connectivity index (χ0v) is 24.8. The number of alkyl halides is 1. The Morgan fingerprint density at radius 1 is 0.610 bits per heavy atom. The molecule has 0 saturated carbocycles. The average molecular weight is 611 g/mol. The molecule has 0 aliphatic carbocycles. The highest BCUT2D eigenvalue weighted by Gasteiger charge is 2.32. The predicted molar refractivity (Wildman–Crippen MR) is 148 cm³/mol. The fraction of sp³-hybridized carbons (Fsp3) is 0.852. The summed E-state index contributed by atoms with van der Waals surface area (Å²) in [5.41, 5.74) is 0. The van der Waals surface area contributed by atoms with E-state index in [0.717, 1.165) is 38.2 Å². The van der Waals surface area contributed by atoms with Gasteiger partial charge in [0.25, 0.3) is 11.8 Å². The second-order valence-electron chi connectivity index (χ2n) is 9.03. The first-order chi connectivity index (χ1) is 20.0. The molecule has 1 N–H and O–H groups in total. The summed E-state index contributed by atoms with van der Waals surface area (Å²) in [7, 11) is 0. The Bertz CT molecular complexity index is 699. The maximum Gasteiger partial charge on any atom is 0.333 e. The molecule has 1 aliphatic rings. The molecule has 1 rings (SSSR count). The predicted octanol–water partition coefficient (Wildman–Crippen LogP) is 1.78. The van der Waals surface area contributed by atoms with Gasteiger partial charge in [0, 0.05) is 44.7 Å². The highest BCUT2D eigenvalue weighted by atomic mass is 35.5. The molecule has 0 aromatic rings. The lowest BCUT2D eigenvalue weighted by Crippen LogP contribution is -2.32. The molecule has 0 unspecified atom stereocenters. The van der Waals surface area contributed by atoms with Crippen LogP contribution < -0.4 is 5.32 Å². The number of rotatable bonds is 29. The fourth-order valence-corrected chi connectivity index (χ4v) is 3.59. The first-order valence-electron chi connectivity index (χ1n) is 14.4. The van der Waals surface area contributed by atoms with Crippen molar-refractivity contribution < 1.29 is 52.4 Å². The topological polar surface area (TPSA) is 148 Å². The summed E-state index contributed by atoms with van der Waals surface area (Å²) in [5, 5.41) is 3.18. The van der Waals surface area contributed by atoms with E-state index >= 15 is 0 Å². The van der Waals surface area contributed by atoms with Crippen LogP contribution in [0.4, 0.5) is 0 Å². The number of halogens is 1. The molecule has 14 heteroatoms. The van der Waals surface area contributed by atoms with Crippen LogP contribution in [0.1, 0.15) is 57.8 Å². The third kappa shape index (κ3) is 22.4. The van der Waals surface area contributed by atoms with Crippen LogP contribution in [0.15, 0.2) is 0 Å². The van der Waals surface area contributed by atoms with Crippen LogP contribution in [0, 0.1) is 0 Å². The van der Waals surface area contributed by atoms with Gasteiger partial charge in [0.1, 0.15) is 0 Å². The molecule has 1 aliphatic heterocycles. The second-order valence-corrected chi connectivity index (χ2v) is 9.40. The number of carbonyl (C=O) groups excluding carboxylic acids is 4. The maximum atomic E-state index is 11.8. The number of hydrogen-bond acceptors (Lipinski definition) is 11. The Morgan fingerprint density at radius 3 is 1.59 bits per heavy atom. The van der Waals surface area contributed by atoms with Crippen molar-refractivity contribution in [1.29, 1.82) is 0 Å². The van der Waals surface area contributed by atoms with Crippen molar-refractivity contribution in [2.45, 2.75) is 57.8 Å². The number of unbranched alkanes of at least 4 members (excludes halogenated alkanes) is 3. The van der Waals surface area contributed by atoms with Gasteiger partial charge < -0.3 is 38.6 Å². The van der Waals surface area contributed by atoms with Crippen molar-refractivity contribution in [3.05, 3.63) is 0 Å². The van der Waals surface area contributed by atoms with E-state index < -0.39 is 17.8 Å². The Morgan fingerprint density at radius 2 is 1.07 bits per heavy atom. The summed E-state index contributed by atoms with van der Waals surface area (Å²) in [5.74, 6) is -1.28. The Hall–Kier alpha value is -1.87. The van der Waals surface area contributed by atoms with E-state index in [9.17, 15) is 19.2 Å². The summed E-state index contributed by atoms with van der Waals surface area (Å²) >= 11 is 5.64. The van der Waals surface area contributed by atoms with Crippen LogP contribution in [0.2, 0.25) is 0 Å². The van der Waals surface area contributed by atoms with Gasteiger partial charge in [0.15, 0.2) is 0 Å². The molecule has 0 spiro atoms. The zero-order chi connectivity index (χ0) is 29.8. The molecule has 41 heavy (non-hydrogen) atoms. The van der Waals surface area contributed by atoms with Crippen molar-refractivity contribution in [2.24, 2.45) is 0 Å². The van der Waals surface area contributed by atoms with Crippen molar-refractivity contribution >= 4 is 35.3 Å². The van der Waals surface area contributed by atoms with Crippen LogP contribution in [-0.4, -0.2) is 120 Å². The van der Waals surface area contributed by atoms with Gasteiger partial charge in [0.2, 0.25) is 5.91 Å². The second kappa shape index (κ2) is 27.0. The molecule has 0 aromatic carbocycles. The Kier molecular flexibility index (Phi) is 24.5. The van der Waals surface area contributed by atoms with Crippen molar-refractivity contribution in [2.75, 3.05) is 91.7 Å². The van der Waals surface area contributed by atoms with Crippen LogP contribution in [-0.2, 0) is 52.4 Å². The molecule has 0 bridgehead atoms. The number of carbonyl (C=O) groups is 4. The monoisotopic (exact) mass is 610 g/mol. The van der Waals surface area contributed by atoms with Crippen molar-refractivity contribution in [3.8, 4) is 0 Å². The smallest absolute Gasteiger partial charge is 0.333 e.